The van der Waals surface area contributed by atoms with Crippen molar-refractivity contribution in [1.82, 2.24) is 4.90 Å². The molecule has 6 heteroatoms. The van der Waals surface area contributed by atoms with Crippen LogP contribution in [0.3, 0.4) is 0 Å². The van der Waals surface area contributed by atoms with Gasteiger partial charge in [0.2, 0.25) is 0 Å². The van der Waals surface area contributed by atoms with E-state index in [0.717, 1.165) is 0 Å². The Morgan fingerprint density at radius 2 is 2.04 bits per heavy atom. The van der Waals surface area contributed by atoms with Gasteiger partial charge >= 0.3 is 0 Å². The number of hydrogen-bond donors (Lipinski definition) is 1. The highest BCUT2D eigenvalue weighted by molar-refractivity contribution is 6.33. The Labute approximate surface area is 140 Å². The molecule has 0 aliphatic carbocycles. The van der Waals surface area contributed by atoms with E-state index < -0.39 is 11.4 Å². The molecule has 0 aromatic heterocycles. The Hall–Kier alpha value is -1.17. The normalized spacial score (nSPS) is 27.2. The molecule has 126 valence electrons. The van der Waals surface area contributed by atoms with Gasteiger partial charge in [-0.2, -0.15) is 0 Å². The van der Waals surface area contributed by atoms with Crippen LogP contribution in [0.1, 0.15) is 43.0 Å². The Bertz CT molecular complexity index is 592. The van der Waals surface area contributed by atoms with Crippen LogP contribution in [0.4, 0.5) is 4.39 Å². The maximum absolute atomic E-state index is 13.9. The highest BCUT2D eigenvalue weighted by Crippen LogP contribution is 2.39. The lowest BCUT2D eigenvalue weighted by atomic mass is 9.78. The molecule has 2 fully saturated rings. The Morgan fingerprint density at radius 1 is 1.35 bits per heavy atom. The molecule has 2 saturated heterocycles. The van der Waals surface area contributed by atoms with E-state index >= 15 is 0 Å². The van der Waals surface area contributed by atoms with Crippen molar-refractivity contribution >= 4 is 17.5 Å². The number of nitrogens with zero attached hydrogens (tertiary/aromatic N) is 1. The molecule has 0 saturated carbocycles. The second-order valence-electron chi connectivity index (χ2n) is 6.84. The fourth-order valence-corrected chi connectivity index (χ4v) is 3.86. The molecule has 1 unspecified atom stereocenters. The zero-order valence-corrected chi connectivity index (χ0v) is 13.9. The van der Waals surface area contributed by atoms with Crippen molar-refractivity contribution in [3.05, 3.63) is 34.6 Å². The average molecular weight is 342 g/mol. The van der Waals surface area contributed by atoms with Crippen LogP contribution in [0.5, 0.6) is 0 Å². The molecule has 0 bridgehead atoms. The fourth-order valence-electron chi connectivity index (χ4n) is 3.62. The zero-order chi connectivity index (χ0) is 16.7. The number of piperidine rings is 1. The number of benzene rings is 1. The van der Waals surface area contributed by atoms with Gasteiger partial charge in [-0.05, 0) is 38.3 Å². The average Bonchev–Trinajstić information content (AvgIpc) is 2.46. The van der Waals surface area contributed by atoms with Crippen LogP contribution in [-0.4, -0.2) is 46.8 Å². The first-order chi connectivity index (χ1) is 10.8. The van der Waals surface area contributed by atoms with Crippen LogP contribution < -0.4 is 0 Å². The van der Waals surface area contributed by atoms with Crippen molar-refractivity contribution in [2.75, 3.05) is 19.7 Å². The Balaban J connectivity index is 1.71. The van der Waals surface area contributed by atoms with Crippen molar-refractivity contribution in [2.45, 2.75) is 43.8 Å². The van der Waals surface area contributed by atoms with Gasteiger partial charge in [-0.1, -0.05) is 17.7 Å². The van der Waals surface area contributed by atoms with Gasteiger partial charge < -0.3 is 14.7 Å². The predicted octanol–water partition coefficient (Wildman–Crippen LogP) is 3.02. The lowest BCUT2D eigenvalue weighted by molar-refractivity contribution is -0.170. The summed E-state index contributed by atoms with van der Waals surface area (Å²) in [4.78, 5) is 14.2. The molecule has 1 N–H and O–H groups in total. The minimum Gasteiger partial charge on any atom is -0.390 e. The highest BCUT2D eigenvalue weighted by Gasteiger charge is 2.45. The SMILES string of the molecule is CC1(O)CCOC2(CCN(C(=O)c3c(F)cccc3Cl)CC2)C1. The molecule has 1 amide bonds. The third-order valence-electron chi connectivity index (χ3n) is 4.89. The Morgan fingerprint density at radius 3 is 2.65 bits per heavy atom. The van der Waals surface area contributed by atoms with E-state index in [4.69, 9.17) is 16.3 Å². The van der Waals surface area contributed by atoms with Crippen LogP contribution in [-0.2, 0) is 4.74 Å². The summed E-state index contributed by atoms with van der Waals surface area (Å²) in [5, 5.41) is 10.4. The molecular weight excluding hydrogens is 321 g/mol. The van der Waals surface area contributed by atoms with Crippen molar-refractivity contribution in [1.29, 1.82) is 0 Å². The molecule has 0 radical (unpaired) electrons. The molecule has 3 rings (SSSR count). The van der Waals surface area contributed by atoms with E-state index in [-0.39, 0.29) is 22.1 Å². The summed E-state index contributed by atoms with van der Waals surface area (Å²) in [5.41, 5.74) is -1.17. The maximum Gasteiger partial charge on any atom is 0.258 e. The highest BCUT2D eigenvalue weighted by atomic mass is 35.5. The number of likely N-dealkylation sites (tertiary alicyclic amines) is 1. The van der Waals surface area contributed by atoms with Crippen LogP contribution >= 0.6 is 11.6 Å². The first kappa shape index (κ1) is 16.7. The molecule has 2 aliphatic heterocycles. The number of hydrogen-bond acceptors (Lipinski definition) is 3. The number of carbonyl (C=O) groups is 1. The second kappa shape index (κ2) is 6.04. The molecule has 23 heavy (non-hydrogen) atoms. The van der Waals surface area contributed by atoms with E-state index in [1.807, 2.05) is 6.92 Å². The van der Waals surface area contributed by atoms with Gasteiger partial charge in [-0.25, -0.2) is 4.39 Å². The van der Waals surface area contributed by atoms with Gasteiger partial charge in [0, 0.05) is 19.5 Å². The third-order valence-corrected chi connectivity index (χ3v) is 5.21. The summed E-state index contributed by atoms with van der Waals surface area (Å²) in [6.45, 7) is 3.30. The molecule has 2 heterocycles. The number of ether oxygens (including phenoxy) is 1. The molecule has 1 aromatic rings. The van der Waals surface area contributed by atoms with Crippen LogP contribution in [0, 0.1) is 5.82 Å². The van der Waals surface area contributed by atoms with Crippen molar-refractivity contribution < 1.29 is 19.0 Å². The number of rotatable bonds is 1. The van der Waals surface area contributed by atoms with Crippen LogP contribution in [0.15, 0.2) is 18.2 Å². The quantitative estimate of drug-likeness (QED) is 0.854. The molecular formula is C17H21ClFNO3. The smallest absolute Gasteiger partial charge is 0.258 e. The molecule has 1 spiro atoms. The number of carbonyl (C=O) groups excluding carboxylic acids is 1. The summed E-state index contributed by atoms with van der Waals surface area (Å²) >= 11 is 5.98. The first-order valence-electron chi connectivity index (χ1n) is 7.92. The van der Waals surface area contributed by atoms with Crippen LogP contribution in [0.25, 0.3) is 0 Å². The van der Waals surface area contributed by atoms with E-state index in [9.17, 15) is 14.3 Å². The largest absolute Gasteiger partial charge is 0.390 e. The van der Waals surface area contributed by atoms with Crippen molar-refractivity contribution in [3.63, 3.8) is 0 Å². The van der Waals surface area contributed by atoms with Gasteiger partial charge in [-0.15, -0.1) is 0 Å². The van der Waals surface area contributed by atoms with Gasteiger partial charge in [-0.3, -0.25) is 4.79 Å². The van der Waals surface area contributed by atoms with Crippen LogP contribution in [0.2, 0.25) is 5.02 Å². The van der Waals surface area contributed by atoms with Crippen molar-refractivity contribution in [2.24, 2.45) is 0 Å². The minimum absolute atomic E-state index is 0.0679. The van der Waals surface area contributed by atoms with Crippen molar-refractivity contribution in [3.8, 4) is 0 Å². The maximum atomic E-state index is 13.9. The monoisotopic (exact) mass is 341 g/mol. The summed E-state index contributed by atoms with van der Waals surface area (Å²) in [7, 11) is 0. The molecule has 1 aromatic carbocycles. The lowest BCUT2D eigenvalue weighted by Gasteiger charge is -2.48. The number of amides is 1. The first-order valence-corrected chi connectivity index (χ1v) is 8.29. The lowest BCUT2D eigenvalue weighted by Crippen LogP contribution is -2.54. The molecule has 2 aliphatic rings. The fraction of sp³-hybridized carbons (Fsp3) is 0.588. The van der Waals surface area contributed by atoms with Gasteiger partial charge in [0.05, 0.1) is 28.4 Å². The minimum atomic E-state index is -0.723. The summed E-state index contributed by atoms with van der Waals surface area (Å²) < 4.78 is 19.8. The van der Waals surface area contributed by atoms with E-state index in [2.05, 4.69) is 0 Å². The van der Waals surface area contributed by atoms with E-state index in [0.29, 0.717) is 45.4 Å². The van der Waals surface area contributed by atoms with Gasteiger partial charge in [0.15, 0.2) is 0 Å². The molecule has 4 nitrogen and oxygen atoms in total. The molecule has 1 atom stereocenters. The predicted molar refractivity (Wildman–Crippen MR) is 85.1 cm³/mol. The zero-order valence-electron chi connectivity index (χ0n) is 13.1. The summed E-state index contributed by atoms with van der Waals surface area (Å²) in [6, 6.07) is 4.24. The number of aliphatic hydroxyl groups is 1. The van der Waals surface area contributed by atoms with E-state index in [1.165, 1.54) is 18.2 Å². The standard InChI is InChI=1S/C17H21ClFNO3/c1-16(22)7-10-23-17(11-16)5-8-20(9-6-17)15(21)14-12(18)3-2-4-13(14)19/h2-4,22H,5-11H2,1H3. The van der Waals surface area contributed by atoms with Gasteiger partial charge in [0.1, 0.15) is 5.82 Å². The summed E-state index contributed by atoms with van der Waals surface area (Å²) in [6.07, 6.45) is 2.48. The topological polar surface area (TPSA) is 49.8 Å². The summed E-state index contributed by atoms with van der Waals surface area (Å²) in [5.74, 6) is -0.981. The third kappa shape index (κ3) is 3.37. The van der Waals surface area contributed by atoms with Gasteiger partial charge in [0.25, 0.3) is 5.91 Å². The number of halogens is 2. The van der Waals surface area contributed by atoms with E-state index in [1.54, 1.807) is 4.90 Å². The second-order valence-corrected chi connectivity index (χ2v) is 7.25. The Kier molecular flexibility index (Phi) is 4.38.